The Balaban J connectivity index is 1.60. The van der Waals surface area contributed by atoms with Crippen molar-refractivity contribution in [2.75, 3.05) is 18.4 Å². The number of anilines is 1. The van der Waals surface area contributed by atoms with Gasteiger partial charge in [-0.15, -0.1) is 0 Å². The topological polar surface area (TPSA) is 32.3 Å². The van der Waals surface area contributed by atoms with Crippen LogP contribution in [-0.4, -0.2) is 23.9 Å². The minimum absolute atomic E-state index is 0.0183. The van der Waals surface area contributed by atoms with Crippen molar-refractivity contribution in [2.45, 2.75) is 19.4 Å². The summed E-state index contributed by atoms with van der Waals surface area (Å²) >= 11 is 15.5. The van der Waals surface area contributed by atoms with E-state index in [2.05, 4.69) is 38.3 Å². The molecule has 1 heterocycles. The van der Waals surface area contributed by atoms with Crippen molar-refractivity contribution in [1.29, 1.82) is 0 Å². The van der Waals surface area contributed by atoms with Gasteiger partial charge in [0.1, 0.15) is 0 Å². The molecule has 1 N–H and O–H groups in total. The fraction of sp³-hybridized carbons (Fsp3) is 0.316. The van der Waals surface area contributed by atoms with Gasteiger partial charge < -0.3 is 5.32 Å². The van der Waals surface area contributed by atoms with Crippen molar-refractivity contribution in [1.82, 2.24) is 4.90 Å². The molecule has 1 unspecified atom stereocenters. The Bertz CT molecular complexity index is 752. The Morgan fingerprint density at radius 1 is 1.20 bits per heavy atom. The van der Waals surface area contributed by atoms with Crippen molar-refractivity contribution < 1.29 is 4.79 Å². The molecule has 3 rings (SSSR count). The summed E-state index contributed by atoms with van der Waals surface area (Å²) in [7, 11) is 0. The molecule has 0 aromatic heterocycles. The van der Waals surface area contributed by atoms with Gasteiger partial charge in [-0.1, -0.05) is 51.3 Å². The van der Waals surface area contributed by atoms with Gasteiger partial charge in [-0.05, 0) is 55.3 Å². The van der Waals surface area contributed by atoms with Gasteiger partial charge in [0, 0.05) is 22.6 Å². The highest BCUT2D eigenvalue weighted by Crippen LogP contribution is 2.27. The minimum Gasteiger partial charge on any atom is -0.324 e. The molecule has 1 amide bonds. The summed E-state index contributed by atoms with van der Waals surface area (Å²) in [6.45, 7) is 2.63. The molecule has 0 saturated carbocycles. The van der Waals surface area contributed by atoms with Crippen molar-refractivity contribution >= 4 is 50.7 Å². The molecular weight excluding hydrogens is 423 g/mol. The summed E-state index contributed by atoms with van der Waals surface area (Å²) in [4.78, 5) is 14.9. The maximum atomic E-state index is 12.6. The molecule has 6 heteroatoms. The van der Waals surface area contributed by atoms with Gasteiger partial charge in [0.05, 0.1) is 16.6 Å². The normalized spacial score (nSPS) is 18.1. The van der Waals surface area contributed by atoms with Gasteiger partial charge in [0.2, 0.25) is 5.91 Å². The predicted octanol–water partition coefficient (Wildman–Crippen LogP) is 5.61. The van der Waals surface area contributed by atoms with Crippen LogP contribution in [0.4, 0.5) is 5.69 Å². The van der Waals surface area contributed by atoms with Gasteiger partial charge in [-0.3, -0.25) is 9.69 Å². The lowest BCUT2D eigenvalue weighted by atomic mass is 9.96. The third-order valence-electron chi connectivity index (χ3n) is 4.38. The number of carbonyl (C=O) groups excluding carboxylic acids is 1. The molecule has 0 spiro atoms. The molecule has 1 aliphatic rings. The maximum absolute atomic E-state index is 12.6. The van der Waals surface area contributed by atoms with E-state index in [1.54, 1.807) is 18.2 Å². The Hall–Kier alpha value is -1.07. The molecule has 2 aromatic carbocycles. The number of nitrogens with zero attached hydrogens (tertiary/aromatic N) is 1. The van der Waals surface area contributed by atoms with Crippen molar-refractivity contribution in [2.24, 2.45) is 5.92 Å². The average Bonchev–Trinajstić information content (AvgIpc) is 2.60. The second-order valence-electron chi connectivity index (χ2n) is 6.31. The van der Waals surface area contributed by atoms with Crippen LogP contribution in [0.15, 0.2) is 46.9 Å². The lowest BCUT2D eigenvalue weighted by Crippen LogP contribution is -2.40. The van der Waals surface area contributed by atoms with Gasteiger partial charge in [-0.2, -0.15) is 0 Å². The minimum atomic E-state index is -0.0315. The first kappa shape index (κ1) is 18.7. The van der Waals surface area contributed by atoms with E-state index in [1.165, 1.54) is 5.56 Å². The van der Waals surface area contributed by atoms with E-state index in [9.17, 15) is 4.79 Å². The van der Waals surface area contributed by atoms with Gasteiger partial charge >= 0.3 is 0 Å². The number of benzene rings is 2. The number of carbonyl (C=O) groups is 1. The van der Waals surface area contributed by atoms with Crippen LogP contribution in [0, 0.1) is 5.92 Å². The number of nitrogens with one attached hydrogen (secondary N) is 1. The average molecular weight is 442 g/mol. The van der Waals surface area contributed by atoms with E-state index in [0.29, 0.717) is 15.7 Å². The van der Waals surface area contributed by atoms with Crippen LogP contribution in [0.2, 0.25) is 10.0 Å². The van der Waals surface area contributed by atoms with E-state index in [0.717, 1.165) is 36.9 Å². The van der Waals surface area contributed by atoms with Crippen LogP contribution in [0.25, 0.3) is 0 Å². The number of hydrogen-bond acceptors (Lipinski definition) is 2. The number of rotatable bonds is 4. The van der Waals surface area contributed by atoms with E-state index in [4.69, 9.17) is 23.2 Å². The summed E-state index contributed by atoms with van der Waals surface area (Å²) in [5, 5.41) is 3.95. The zero-order chi connectivity index (χ0) is 17.8. The fourth-order valence-corrected chi connectivity index (χ4v) is 3.81. The summed E-state index contributed by atoms with van der Waals surface area (Å²) < 4.78 is 1.08. The largest absolute Gasteiger partial charge is 0.324 e. The molecule has 3 nitrogen and oxygen atoms in total. The fourth-order valence-electron chi connectivity index (χ4n) is 3.09. The maximum Gasteiger partial charge on any atom is 0.228 e. The molecule has 1 saturated heterocycles. The number of hydrogen-bond donors (Lipinski definition) is 1. The Labute approximate surface area is 166 Å². The van der Waals surface area contributed by atoms with E-state index in [1.807, 2.05) is 12.1 Å². The highest BCUT2D eigenvalue weighted by atomic mass is 79.9. The second kappa shape index (κ2) is 8.54. The molecule has 1 aliphatic heterocycles. The first-order chi connectivity index (χ1) is 12.0. The third-order valence-corrected chi connectivity index (χ3v) is 5.46. The number of amides is 1. The van der Waals surface area contributed by atoms with E-state index < -0.39 is 0 Å². The molecule has 2 aromatic rings. The summed E-state index contributed by atoms with van der Waals surface area (Å²) in [6, 6.07) is 13.4. The van der Waals surface area contributed by atoms with Crippen molar-refractivity contribution in [3.8, 4) is 0 Å². The van der Waals surface area contributed by atoms with Crippen LogP contribution in [-0.2, 0) is 11.3 Å². The molecule has 25 heavy (non-hydrogen) atoms. The highest BCUT2D eigenvalue weighted by Gasteiger charge is 2.26. The summed E-state index contributed by atoms with van der Waals surface area (Å²) in [5.41, 5.74) is 1.87. The molecule has 0 bridgehead atoms. The summed E-state index contributed by atoms with van der Waals surface area (Å²) in [6.07, 6.45) is 1.91. The first-order valence-corrected chi connectivity index (χ1v) is 9.79. The van der Waals surface area contributed by atoms with Crippen LogP contribution in [0.1, 0.15) is 18.4 Å². The Morgan fingerprint density at radius 3 is 2.68 bits per heavy atom. The lowest BCUT2D eigenvalue weighted by Gasteiger charge is -2.32. The Morgan fingerprint density at radius 2 is 1.96 bits per heavy atom. The lowest BCUT2D eigenvalue weighted by molar-refractivity contribution is -0.121. The smallest absolute Gasteiger partial charge is 0.228 e. The number of halogens is 3. The van der Waals surface area contributed by atoms with Crippen LogP contribution in [0.5, 0.6) is 0 Å². The molecule has 0 radical (unpaired) electrons. The van der Waals surface area contributed by atoms with Gasteiger partial charge in [0.15, 0.2) is 0 Å². The number of likely N-dealkylation sites (tertiary alicyclic amines) is 1. The van der Waals surface area contributed by atoms with Crippen LogP contribution < -0.4 is 5.32 Å². The first-order valence-electron chi connectivity index (χ1n) is 8.24. The van der Waals surface area contributed by atoms with Crippen molar-refractivity contribution in [3.05, 3.63) is 62.5 Å². The molecule has 1 fully saturated rings. The molecule has 132 valence electrons. The van der Waals surface area contributed by atoms with Gasteiger partial charge in [0.25, 0.3) is 0 Å². The van der Waals surface area contributed by atoms with E-state index in [-0.39, 0.29) is 11.8 Å². The molecule has 1 atom stereocenters. The predicted molar refractivity (Wildman–Crippen MR) is 107 cm³/mol. The highest BCUT2D eigenvalue weighted by molar-refractivity contribution is 9.10. The number of piperidine rings is 1. The second-order valence-corrected chi connectivity index (χ2v) is 8.07. The standard InChI is InChI=1S/C19H19BrCl2N2O/c20-15-5-3-13(4-6-15)11-24-9-1-2-14(12-24)19(25)23-18-8-7-16(21)10-17(18)22/h3-8,10,14H,1-2,9,11-12H2,(H,23,25). The summed E-state index contributed by atoms with van der Waals surface area (Å²) in [5.74, 6) is -0.0133. The quantitative estimate of drug-likeness (QED) is 0.668. The Kier molecular flexibility index (Phi) is 6.39. The third kappa shape index (κ3) is 5.20. The van der Waals surface area contributed by atoms with Crippen LogP contribution in [0.3, 0.4) is 0 Å². The van der Waals surface area contributed by atoms with Crippen molar-refractivity contribution in [3.63, 3.8) is 0 Å². The monoisotopic (exact) mass is 440 g/mol. The SMILES string of the molecule is O=C(Nc1ccc(Cl)cc1Cl)C1CCCN(Cc2ccc(Br)cc2)C1. The molecular formula is C19H19BrCl2N2O. The zero-order valence-electron chi connectivity index (χ0n) is 13.6. The molecule has 0 aliphatic carbocycles. The van der Waals surface area contributed by atoms with Crippen LogP contribution >= 0.6 is 39.1 Å². The van der Waals surface area contributed by atoms with Gasteiger partial charge in [-0.25, -0.2) is 0 Å². The van der Waals surface area contributed by atoms with E-state index >= 15 is 0 Å². The zero-order valence-corrected chi connectivity index (χ0v) is 16.7.